The summed E-state index contributed by atoms with van der Waals surface area (Å²) in [6.07, 6.45) is 2.19. The van der Waals surface area contributed by atoms with Crippen LogP contribution in [0.25, 0.3) is 0 Å². The summed E-state index contributed by atoms with van der Waals surface area (Å²) in [5, 5.41) is 4.05. The molecule has 0 aliphatic carbocycles. The molecule has 0 spiro atoms. The second kappa shape index (κ2) is 6.69. The topological polar surface area (TPSA) is 21.3 Å². The Kier molecular flexibility index (Phi) is 5.20. The smallest absolute Gasteiger partial charge is 0.124 e. The lowest BCUT2D eigenvalue weighted by Gasteiger charge is -2.31. The largest absolute Gasteiger partial charge is 0.381 e. The van der Waals surface area contributed by atoms with E-state index >= 15 is 0 Å². The zero-order valence-corrected chi connectivity index (χ0v) is 12.2. The molecular weight excluding hydrogens is 265 g/mol. The molecule has 1 heterocycles. The molecule has 106 valence electrons. The van der Waals surface area contributed by atoms with Crippen LogP contribution in [0.15, 0.2) is 18.2 Å². The van der Waals surface area contributed by atoms with Crippen molar-refractivity contribution >= 4 is 11.6 Å². The molecule has 4 heteroatoms. The average molecular weight is 286 g/mol. The Balaban J connectivity index is 1.97. The number of hydrogen-bond acceptors (Lipinski definition) is 2. The molecule has 1 saturated heterocycles. The van der Waals surface area contributed by atoms with Gasteiger partial charge in [0, 0.05) is 30.3 Å². The predicted molar refractivity (Wildman–Crippen MR) is 76.0 cm³/mol. The van der Waals surface area contributed by atoms with Gasteiger partial charge in [0.2, 0.25) is 0 Å². The molecule has 0 saturated carbocycles. The molecule has 19 heavy (non-hydrogen) atoms. The molecule has 0 bridgehead atoms. The maximum absolute atomic E-state index is 13.0. The minimum atomic E-state index is -0.293. The van der Waals surface area contributed by atoms with Crippen LogP contribution in [0.2, 0.25) is 5.02 Å². The van der Waals surface area contributed by atoms with Crippen molar-refractivity contribution in [3.05, 3.63) is 34.6 Å². The summed E-state index contributed by atoms with van der Waals surface area (Å²) < 4.78 is 18.4. The molecule has 1 aliphatic heterocycles. The minimum absolute atomic E-state index is 0.117. The zero-order chi connectivity index (χ0) is 13.8. The van der Waals surface area contributed by atoms with Gasteiger partial charge in [0.15, 0.2) is 0 Å². The van der Waals surface area contributed by atoms with Gasteiger partial charge in [-0.3, -0.25) is 0 Å². The first-order chi connectivity index (χ1) is 9.08. The third-order valence-electron chi connectivity index (χ3n) is 3.91. The number of ether oxygens (including phenoxy) is 1. The SMILES string of the molecule is CC(NC(C)C1CCOCC1)c1ccc(F)cc1Cl. The molecule has 0 radical (unpaired) electrons. The molecule has 2 rings (SSSR count). The van der Waals surface area contributed by atoms with E-state index in [0.717, 1.165) is 31.6 Å². The van der Waals surface area contributed by atoms with Crippen LogP contribution in [0.1, 0.15) is 38.3 Å². The summed E-state index contributed by atoms with van der Waals surface area (Å²) in [6, 6.07) is 5.10. The van der Waals surface area contributed by atoms with E-state index in [1.165, 1.54) is 12.1 Å². The summed E-state index contributed by atoms with van der Waals surface area (Å²) in [4.78, 5) is 0. The van der Waals surface area contributed by atoms with E-state index in [-0.39, 0.29) is 11.9 Å². The van der Waals surface area contributed by atoms with Gasteiger partial charge in [0.25, 0.3) is 0 Å². The molecule has 0 aromatic heterocycles. The standard InChI is InChI=1S/C15H21ClFNO/c1-10(12-5-7-19-8-6-12)18-11(2)14-4-3-13(17)9-15(14)16/h3-4,9-12,18H,5-8H2,1-2H3. The lowest BCUT2D eigenvalue weighted by Crippen LogP contribution is -2.38. The van der Waals surface area contributed by atoms with E-state index in [4.69, 9.17) is 16.3 Å². The second-order valence-corrected chi connectivity index (χ2v) is 5.70. The maximum Gasteiger partial charge on any atom is 0.124 e. The fourth-order valence-electron chi connectivity index (χ4n) is 2.69. The third kappa shape index (κ3) is 3.91. The highest BCUT2D eigenvalue weighted by atomic mass is 35.5. The minimum Gasteiger partial charge on any atom is -0.381 e. The van der Waals surface area contributed by atoms with Crippen LogP contribution in [0, 0.1) is 11.7 Å². The molecule has 2 atom stereocenters. The number of halogens is 2. The number of benzene rings is 1. The number of rotatable bonds is 4. The first-order valence-corrected chi connectivity index (χ1v) is 7.24. The Morgan fingerprint density at radius 1 is 1.32 bits per heavy atom. The molecule has 2 nitrogen and oxygen atoms in total. The highest BCUT2D eigenvalue weighted by molar-refractivity contribution is 6.31. The average Bonchev–Trinajstić information content (AvgIpc) is 2.39. The molecule has 1 aromatic carbocycles. The Labute approximate surface area is 119 Å². The van der Waals surface area contributed by atoms with E-state index < -0.39 is 0 Å². The van der Waals surface area contributed by atoms with Crippen molar-refractivity contribution in [1.29, 1.82) is 0 Å². The van der Waals surface area contributed by atoms with Crippen LogP contribution in [-0.2, 0) is 4.74 Å². The first kappa shape index (κ1) is 14.8. The van der Waals surface area contributed by atoms with E-state index in [9.17, 15) is 4.39 Å². The van der Waals surface area contributed by atoms with Crippen molar-refractivity contribution in [2.45, 2.75) is 38.8 Å². The van der Waals surface area contributed by atoms with Crippen molar-refractivity contribution in [1.82, 2.24) is 5.32 Å². The maximum atomic E-state index is 13.0. The monoisotopic (exact) mass is 285 g/mol. The lowest BCUT2D eigenvalue weighted by molar-refractivity contribution is 0.0547. The lowest BCUT2D eigenvalue weighted by atomic mass is 9.92. The molecular formula is C15H21ClFNO. The van der Waals surface area contributed by atoms with Crippen molar-refractivity contribution in [3.63, 3.8) is 0 Å². The summed E-state index contributed by atoms with van der Waals surface area (Å²) in [5.74, 6) is 0.342. The van der Waals surface area contributed by atoms with E-state index in [0.29, 0.717) is 17.0 Å². The first-order valence-electron chi connectivity index (χ1n) is 6.86. The molecule has 0 amide bonds. The van der Waals surface area contributed by atoms with Crippen LogP contribution in [0.5, 0.6) is 0 Å². The Hall–Kier alpha value is -0.640. The van der Waals surface area contributed by atoms with Gasteiger partial charge in [0.05, 0.1) is 0 Å². The summed E-state index contributed by atoms with van der Waals surface area (Å²) >= 11 is 6.09. The van der Waals surface area contributed by atoms with Crippen molar-refractivity contribution in [2.75, 3.05) is 13.2 Å². The highest BCUT2D eigenvalue weighted by Crippen LogP contribution is 2.26. The van der Waals surface area contributed by atoms with E-state index in [1.54, 1.807) is 6.07 Å². The number of hydrogen-bond donors (Lipinski definition) is 1. The molecule has 1 fully saturated rings. The van der Waals surface area contributed by atoms with Gasteiger partial charge in [-0.1, -0.05) is 17.7 Å². The van der Waals surface area contributed by atoms with Crippen LogP contribution >= 0.6 is 11.6 Å². The Bertz CT molecular complexity index is 421. The molecule has 1 aromatic rings. The summed E-state index contributed by atoms with van der Waals surface area (Å²) in [7, 11) is 0. The van der Waals surface area contributed by atoms with Crippen LogP contribution in [-0.4, -0.2) is 19.3 Å². The highest BCUT2D eigenvalue weighted by Gasteiger charge is 2.22. The van der Waals surface area contributed by atoms with Gasteiger partial charge >= 0.3 is 0 Å². The predicted octanol–water partition coefficient (Wildman–Crippen LogP) is 3.94. The van der Waals surface area contributed by atoms with Gasteiger partial charge in [-0.25, -0.2) is 4.39 Å². The zero-order valence-electron chi connectivity index (χ0n) is 11.5. The molecule has 1 aliphatic rings. The fourth-order valence-corrected chi connectivity index (χ4v) is 3.02. The van der Waals surface area contributed by atoms with E-state index in [2.05, 4.69) is 19.2 Å². The second-order valence-electron chi connectivity index (χ2n) is 5.29. The van der Waals surface area contributed by atoms with Gasteiger partial charge < -0.3 is 10.1 Å². The Morgan fingerprint density at radius 2 is 2.00 bits per heavy atom. The quantitative estimate of drug-likeness (QED) is 0.904. The van der Waals surface area contributed by atoms with Gasteiger partial charge in [0.1, 0.15) is 5.82 Å². The molecule has 2 unspecified atom stereocenters. The molecule has 1 N–H and O–H groups in total. The fraction of sp³-hybridized carbons (Fsp3) is 0.600. The van der Waals surface area contributed by atoms with Crippen LogP contribution < -0.4 is 5.32 Å². The van der Waals surface area contributed by atoms with Crippen LogP contribution in [0.3, 0.4) is 0 Å². The van der Waals surface area contributed by atoms with Gasteiger partial charge in [-0.2, -0.15) is 0 Å². The van der Waals surface area contributed by atoms with E-state index in [1.807, 2.05) is 0 Å². The van der Waals surface area contributed by atoms with Crippen LogP contribution in [0.4, 0.5) is 4.39 Å². The van der Waals surface area contributed by atoms with Crippen molar-refractivity contribution < 1.29 is 9.13 Å². The van der Waals surface area contributed by atoms with Gasteiger partial charge in [-0.05, 0) is 50.3 Å². The summed E-state index contributed by atoms with van der Waals surface area (Å²) in [6.45, 7) is 5.96. The van der Waals surface area contributed by atoms with Crippen molar-refractivity contribution in [3.8, 4) is 0 Å². The van der Waals surface area contributed by atoms with Gasteiger partial charge in [-0.15, -0.1) is 0 Å². The Morgan fingerprint density at radius 3 is 2.63 bits per heavy atom. The van der Waals surface area contributed by atoms with Crippen molar-refractivity contribution in [2.24, 2.45) is 5.92 Å². The summed E-state index contributed by atoms with van der Waals surface area (Å²) in [5.41, 5.74) is 0.946. The normalized spacial score (nSPS) is 20.2. The number of nitrogens with one attached hydrogen (secondary N) is 1. The third-order valence-corrected chi connectivity index (χ3v) is 4.24.